The van der Waals surface area contributed by atoms with Crippen LogP contribution < -0.4 is 5.32 Å². The molecule has 1 rings (SSSR count). The quantitative estimate of drug-likeness (QED) is 0.801. The predicted molar refractivity (Wildman–Crippen MR) is 72.4 cm³/mol. The molecule has 0 aromatic heterocycles. The summed E-state index contributed by atoms with van der Waals surface area (Å²) >= 11 is 0. The molecule has 0 unspecified atom stereocenters. The number of ether oxygens (including phenoxy) is 2. The van der Waals surface area contributed by atoms with Gasteiger partial charge in [-0.1, -0.05) is 12.1 Å². The monoisotopic (exact) mass is 281 g/mol. The minimum absolute atomic E-state index is 0.131. The average Bonchev–Trinajstić information content (AvgIpc) is 2.40. The van der Waals surface area contributed by atoms with Crippen LogP contribution in [0.4, 0.5) is 4.79 Å². The Bertz CT molecular complexity index is 471. The van der Waals surface area contributed by atoms with Gasteiger partial charge in [-0.15, -0.1) is 0 Å². The number of hydrogen-bond acceptors (Lipinski definition) is 5. The van der Waals surface area contributed by atoms with Crippen molar-refractivity contribution in [2.24, 2.45) is 0 Å². The molecule has 1 aromatic rings. The number of aromatic hydroxyl groups is 1. The van der Waals surface area contributed by atoms with Crippen LogP contribution in [0.3, 0.4) is 0 Å². The van der Waals surface area contributed by atoms with Gasteiger partial charge in [0.05, 0.1) is 13.7 Å². The minimum atomic E-state index is -1.24. The van der Waals surface area contributed by atoms with Gasteiger partial charge in [0.2, 0.25) is 0 Å². The number of alkyl carbamates (subject to hydrolysis) is 1. The van der Waals surface area contributed by atoms with E-state index in [-0.39, 0.29) is 18.8 Å². The summed E-state index contributed by atoms with van der Waals surface area (Å²) in [6, 6.07) is 6.36. The van der Waals surface area contributed by atoms with E-state index in [1.807, 2.05) is 0 Å². The summed E-state index contributed by atoms with van der Waals surface area (Å²) < 4.78 is 9.52. The Morgan fingerprint density at radius 3 is 2.40 bits per heavy atom. The second-order valence-corrected chi connectivity index (χ2v) is 4.51. The van der Waals surface area contributed by atoms with Gasteiger partial charge in [-0.05, 0) is 31.5 Å². The van der Waals surface area contributed by atoms with E-state index in [4.69, 9.17) is 9.47 Å². The fourth-order valence-corrected chi connectivity index (χ4v) is 1.81. The Balaban J connectivity index is 2.90. The Morgan fingerprint density at radius 1 is 1.30 bits per heavy atom. The molecule has 6 nitrogen and oxygen atoms in total. The Hall–Kier alpha value is -2.24. The lowest BCUT2D eigenvalue weighted by Crippen LogP contribution is -2.54. The van der Waals surface area contributed by atoms with E-state index in [2.05, 4.69) is 5.32 Å². The number of nitrogens with one attached hydrogen (secondary N) is 1. The fraction of sp³-hybridized carbons (Fsp3) is 0.429. The molecular weight excluding hydrogens is 262 g/mol. The summed E-state index contributed by atoms with van der Waals surface area (Å²) in [5.41, 5.74) is -0.467. The fourth-order valence-electron chi connectivity index (χ4n) is 1.81. The van der Waals surface area contributed by atoms with Gasteiger partial charge in [-0.3, -0.25) is 0 Å². The molecule has 0 spiro atoms. The number of phenols is 1. The molecule has 2 N–H and O–H groups in total. The largest absolute Gasteiger partial charge is 0.508 e. The van der Waals surface area contributed by atoms with Crippen molar-refractivity contribution < 1.29 is 24.2 Å². The molecule has 20 heavy (non-hydrogen) atoms. The smallest absolute Gasteiger partial charge is 0.408 e. The van der Waals surface area contributed by atoms with Crippen LogP contribution in [0.5, 0.6) is 5.75 Å². The molecule has 0 aliphatic heterocycles. The lowest BCUT2D eigenvalue weighted by atomic mass is 9.93. The summed E-state index contributed by atoms with van der Waals surface area (Å²) in [6.45, 7) is 3.44. The first kappa shape index (κ1) is 15.8. The van der Waals surface area contributed by atoms with E-state index >= 15 is 0 Å². The zero-order chi connectivity index (χ0) is 15.2. The third-order valence-electron chi connectivity index (χ3n) is 2.78. The van der Waals surface area contributed by atoms with Crippen LogP contribution in [0, 0.1) is 0 Å². The summed E-state index contributed by atoms with van der Waals surface area (Å²) in [5.74, 6) is -0.439. The van der Waals surface area contributed by atoms with E-state index in [0.29, 0.717) is 0 Å². The first-order valence-corrected chi connectivity index (χ1v) is 6.22. The number of esters is 1. The molecule has 0 bridgehead atoms. The Labute approximate surface area is 117 Å². The normalized spacial score (nSPS) is 13.2. The van der Waals surface area contributed by atoms with Crippen LogP contribution in [0.25, 0.3) is 0 Å². The highest BCUT2D eigenvalue weighted by Crippen LogP contribution is 2.18. The van der Waals surface area contributed by atoms with Crippen molar-refractivity contribution in [2.45, 2.75) is 25.8 Å². The third-order valence-corrected chi connectivity index (χ3v) is 2.78. The van der Waals surface area contributed by atoms with E-state index in [1.165, 1.54) is 19.2 Å². The van der Waals surface area contributed by atoms with Crippen molar-refractivity contribution in [3.63, 3.8) is 0 Å². The van der Waals surface area contributed by atoms with Crippen molar-refractivity contribution in [1.29, 1.82) is 0 Å². The third kappa shape index (κ3) is 4.15. The minimum Gasteiger partial charge on any atom is -0.508 e. The molecule has 0 saturated carbocycles. The number of benzene rings is 1. The van der Waals surface area contributed by atoms with Crippen molar-refractivity contribution in [2.75, 3.05) is 13.7 Å². The number of carbonyl (C=O) groups excluding carboxylic acids is 2. The van der Waals surface area contributed by atoms with Crippen LogP contribution in [0.1, 0.15) is 19.4 Å². The number of amides is 1. The Morgan fingerprint density at radius 2 is 1.90 bits per heavy atom. The highest BCUT2D eigenvalue weighted by molar-refractivity contribution is 5.85. The molecule has 1 atom stereocenters. The predicted octanol–water partition coefficient (Wildman–Crippen LogP) is 1.61. The number of methoxy groups -OCH3 is 1. The van der Waals surface area contributed by atoms with Crippen LogP contribution in [0.15, 0.2) is 24.3 Å². The SMILES string of the molecule is CCOC(=O)N[C@@](C)(Cc1ccc(O)cc1)C(=O)OC. The molecule has 0 aliphatic rings. The molecule has 1 aromatic carbocycles. The van der Waals surface area contributed by atoms with E-state index < -0.39 is 17.6 Å². The van der Waals surface area contributed by atoms with Crippen molar-refractivity contribution in [3.8, 4) is 5.75 Å². The standard InChI is InChI=1S/C14H19NO5/c1-4-20-13(18)15-14(2,12(17)19-3)9-10-5-7-11(16)8-6-10/h5-8,16H,4,9H2,1-3H3,(H,15,18)/t14-/m0/s1. The molecule has 0 aliphatic carbocycles. The number of hydrogen-bond donors (Lipinski definition) is 2. The molecular formula is C14H19NO5. The van der Waals surface area contributed by atoms with Gasteiger partial charge in [-0.25, -0.2) is 9.59 Å². The first-order chi connectivity index (χ1) is 9.41. The maximum atomic E-state index is 11.9. The molecule has 110 valence electrons. The van der Waals surface area contributed by atoms with Crippen LogP contribution in [-0.4, -0.2) is 36.4 Å². The van der Waals surface area contributed by atoms with Gasteiger partial charge in [-0.2, -0.15) is 0 Å². The molecule has 0 heterocycles. The second-order valence-electron chi connectivity index (χ2n) is 4.51. The molecule has 1 amide bonds. The molecule has 0 fully saturated rings. The number of phenolic OH excluding ortho intramolecular Hbond substituents is 1. The highest BCUT2D eigenvalue weighted by atomic mass is 16.6. The first-order valence-electron chi connectivity index (χ1n) is 6.22. The van der Waals surface area contributed by atoms with Crippen LogP contribution in [-0.2, 0) is 20.7 Å². The summed E-state index contributed by atoms with van der Waals surface area (Å²) in [6.07, 6.45) is -0.460. The lowest BCUT2D eigenvalue weighted by molar-refractivity contribution is -0.147. The zero-order valence-corrected chi connectivity index (χ0v) is 11.8. The Kier molecular flexibility index (Phi) is 5.37. The van der Waals surface area contributed by atoms with Gasteiger partial charge in [0.25, 0.3) is 0 Å². The van der Waals surface area contributed by atoms with Gasteiger partial charge >= 0.3 is 12.1 Å². The van der Waals surface area contributed by atoms with E-state index in [0.717, 1.165) is 5.56 Å². The van der Waals surface area contributed by atoms with Crippen LogP contribution in [0.2, 0.25) is 0 Å². The van der Waals surface area contributed by atoms with Crippen molar-refractivity contribution >= 4 is 12.1 Å². The number of rotatable bonds is 5. The summed E-state index contributed by atoms with van der Waals surface area (Å²) in [7, 11) is 1.25. The highest BCUT2D eigenvalue weighted by Gasteiger charge is 2.36. The summed E-state index contributed by atoms with van der Waals surface area (Å²) in [5, 5.41) is 11.8. The maximum absolute atomic E-state index is 11.9. The summed E-state index contributed by atoms with van der Waals surface area (Å²) in [4.78, 5) is 23.4. The van der Waals surface area contributed by atoms with E-state index in [9.17, 15) is 14.7 Å². The second kappa shape index (κ2) is 6.79. The van der Waals surface area contributed by atoms with Gasteiger partial charge in [0, 0.05) is 6.42 Å². The topological polar surface area (TPSA) is 84.9 Å². The van der Waals surface area contributed by atoms with Crippen molar-refractivity contribution in [1.82, 2.24) is 5.32 Å². The van der Waals surface area contributed by atoms with Gasteiger partial charge in [0.15, 0.2) is 0 Å². The van der Waals surface area contributed by atoms with Crippen LogP contribution >= 0.6 is 0 Å². The maximum Gasteiger partial charge on any atom is 0.408 e. The molecule has 6 heteroatoms. The lowest BCUT2D eigenvalue weighted by Gasteiger charge is -2.27. The number of carbonyl (C=O) groups is 2. The van der Waals surface area contributed by atoms with Gasteiger partial charge in [0.1, 0.15) is 11.3 Å². The molecule has 0 saturated heterocycles. The zero-order valence-electron chi connectivity index (χ0n) is 11.8. The molecule has 0 radical (unpaired) electrons. The van der Waals surface area contributed by atoms with Crippen molar-refractivity contribution in [3.05, 3.63) is 29.8 Å². The average molecular weight is 281 g/mol. The van der Waals surface area contributed by atoms with Gasteiger partial charge < -0.3 is 19.9 Å². The van der Waals surface area contributed by atoms with E-state index in [1.54, 1.807) is 26.0 Å².